The first-order valence-electron chi connectivity index (χ1n) is 29.1. The highest BCUT2D eigenvalue weighted by molar-refractivity contribution is 5.76. The second kappa shape index (κ2) is 54.9. The van der Waals surface area contributed by atoms with Gasteiger partial charge in [-0.3, -0.25) is 9.59 Å². The van der Waals surface area contributed by atoms with Gasteiger partial charge in [-0.2, -0.15) is 0 Å². The Labute approximate surface area is 405 Å². The van der Waals surface area contributed by atoms with E-state index in [9.17, 15) is 19.8 Å². The molecule has 0 aliphatic heterocycles. The maximum atomic E-state index is 12.4. The summed E-state index contributed by atoms with van der Waals surface area (Å²) in [5.41, 5.74) is 0. The molecule has 0 saturated carbocycles. The number of carbonyl (C=O) groups excluding carboxylic acids is 2. The Kier molecular flexibility index (Phi) is 53.5. The van der Waals surface area contributed by atoms with E-state index in [0.29, 0.717) is 19.4 Å². The third kappa shape index (κ3) is 51.6. The van der Waals surface area contributed by atoms with Gasteiger partial charge in [0.15, 0.2) is 0 Å². The predicted octanol–water partition coefficient (Wildman–Crippen LogP) is 17.9. The number of esters is 1. The van der Waals surface area contributed by atoms with Crippen LogP contribution < -0.4 is 5.32 Å². The molecule has 0 saturated heterocycles. The van der Waals surface area contributed by atoms with Crippen LogP contribution in [0.5, 0.6) is 0 Å². The van der Waals surface area contributed by atoms with E-state index in [0.717, 1.165) is 44.9 Å². The molecule has 0 aliphatic carbocycles. The van der Waals surface area contributed by atoms with Gasteiger partial charge in [-0.15, -0.1) is 0 Å². The molecule has 1 amide bonds. The lowest BCUT2D eigenvalue weighted by molar-refractivity contribution is -0.143. The summed E-state index contributed by atoms with van der Waals surface area (Å²) in [6, 6.07) is -0.629. The van der Waals surface area contributed by atoms with Crippen molar-refractivity contribution in [1.82, 2.24) is 5.32 Å². The molecule has 384 valence electrons. The Hall–Kier alpha value is -1.66. The number of hydrogen-bond donors (Lipinski definition) is 3. The monoisotopic (exact) mass is 916 g/mol. The first kappa shape index (κ1) is 63.3. The van der Waals surface area contributed by atoms with Crippen LogP contribution in [0.3, 0.4) is 0 Å². The number of hydrogen-bond acceptors (Lipinski definition) is 5. The van der Waals surface area contributed by atoms with Gasteiger partial charge in [0.05, 0.1) is 25.4 Å². The minimum Gasteiger partial charge on any atom is -0.466 e. The number of aliphatic hydroxyl groups excluding tert-OH is 2. The molecule has 0 spiro atoms. The van der Waals surface area contributed by atoms with Crippen LogP contribution in [0.4, 0.5) is 0 Å². The zero-order valence-corrected chi connectivity index (χ0v) is 43.7. The lowest BCUT2D eigenvalue weighted by Crippen LogP contribution is -2.45. The molecule has 3 N–H and O–H groups in total. The van der Waals surface area contributed by atoms with Gasteiger partial charge in [0.2, 0.25) is 5.91 Å². The van der Waals surface area contributed by atoms with Crippen molar-refractivity contribution in [2.45, 2.75) is 328 Å². The number of aliphatic hydroxyl groups is 2. The first-order valence-corrected chi connectivity index (χ1v) is 29.1. The van der Waals surface area contributed by atoms with Crippen molar-refractivity contribution >= 4 is 11.9 Å². The van der Waals surface area contributed by atoms with E-state index in [4.69, 9.17) is 4.74 Å². The molecular weight excluding hydrogens is 803 g/mol. The third-order valence-electron chi connectivity index (χ3n) is 13.5. The second-order valence-electron chi connectivity index (χ2n) is 20.0. The van der Waals surface area contributed by atoms with Crippen molar-refractivity contribution < 1.29 is 24.5 Å². The highest BCUT2D eigenvalue weighted by atomic mass is 16.5. The van der Waals surface area contributed by atoms with Gasteiger partial charge in [0, 0.05) is 12.8 Å². The lowest BCUT2D eigenvalue weighted by atomic mass is 10.0. The summed E-state index contributed by atoms with van der Waals surface area (Å²) < 4.78 is 5.48. The predicted molar refractivity (Wildman–Crippen MR) is 283 cm³/mol. The molecule has 2 atom stereocenters. The standard InChI is InChI=1S/C59H113NO5/c1-3-5-7-9-11-13-15-17-24-29-33-37-41-45-49-53-59(64)65-54-50-46-42-38-34-30-26-23-21-19-20-22-25-28-32-36-40-44-48-52-58(63)60-56(55-61)57(62)51-47-43-39-35-31-27-18-16-14-12-10-8-6-4-2/h17,24,47,51,56-57,61-62H,3-16,18-23,25-46,48-50,52-55H2,1-2H3,(H,60,63)/b24-17-,51-47+. The molecule has 6 heteroatoms. The largest absolute Gasteiger partial charge is 0.466 e. The van der Waals surface area contributed by atoms with Gasteiger partial charge < -0.3 is 20.3 Å². The molecule has 65 heavy (non-hydrogen) atoms. The molecule has 6 nitrogen and oxygen atoms in total. The molecule has 0 aliphatic rings. The summed E-state index contributed by atoms with van der Waals surface area (Å²) in [6.45, 7) is 4.90. The number of ether oxygens (including phenoxy) is 1. The molecule has 0 heterocycles. The summed E-state index contributed by atoms with van der Waals surface area (Å²) in [7, 11) is 0. The average molecular weight is 917 g/mol. The molecule has 2 unspecified atom stereocenters. The van der Waals surface area contributed by atoms with Crippen LogP contribution in [0.1, 0.15) is 316 Å². The van der Waals surface area contributed by atoms with Crippen molar-refractivity contribution in [3.63, 3.8) is 0 Å². The first-order chi connectivity index (χ1) is 32.0. The van der Waals surface area contributed by atoms with Crippen LogP contribution in [-0.4, -0.2) is 47.4 Å². The van der Waals surface area contributed by atoms with Crippen LogP contribution >= 0.6 is 0 Å². The van der Waals surface area contributed by atoms with E-state index in [-0.39, 0.29) is 18.5 Å². The van der Waals surface area contributed by atoms with Gasteiger partial charge in [-0.25, -0.2) is 0 Å². The smallest absolute Gasteiger partial charge is 0.305 e. The van der Waals surface area contributed by atoms with E-state index >= 15 is 0 Å². The van der Waals surface area contributed by atoms with E-state index in [1.807, 2.05) is 6.08 Å². The summed E-state index contributed by atoms with van der Waals surface area (Å²) in [4.78, 5) is 24.5. The maximum Gasteiger partial charge on any atom is 0.305 e. The fourth-order valence-electron chi connectivity index (χ4n) is 8.98. The zero-order valence-electron chi connectivity index (χ0n) is 43.7. The Morgan fingerprint density at radius 1 is 0.415 bits per heavy atom. The van der Waals surface area contributed by atoms with Gasteiger partial charge in [-0.1, -0.05) is 269 Å². The van der Waals surface area contributed by atoms with Gasteiger partial charge >= 0.3 is 5.97 Å². The molecule has 0 aromatic carbocycles. The highest BCUT2D eigenvalue weighted by Gasteiger charge is 2.18. The van der Waals surface area contributed by atoms with Gasteiger partial charge in [0.1, 0.15) is 0 Å². The SMILES string of the molecule is CCCCCCCC/C=C\CCCCCCCC(=O)OCCCCCCCCCCCCCCCCCCCCCC(=O)NC(CO)C(O)/C=C/CCCCCCCCCCCCCC. The quantitative estimate of drug-likeness (QED) is 0.0321. The number of allylic oxidation sites excluding steroid dienone is 3. The topological polar surface area (TPSA) is 95.9 Å². The van der Waals surface area contributed by atoms with Crippen LogP contribution in [-0.2, 0) is 14.3 Å². The zero-order chi connectivity index (χ0) is 47.2. The summed E-state index contributed by atoms with van der Waals surface area (Å²) in [6.07, 6.45) is 66.3. The Morgan fingerprint density at radius 2 is 0.723 bits per heavy atom. The van der Waals surface area contributed by atoms with Crippen LogP contribution in [0.15, 0.2) is 24.3 Å². The third-order valence-corrected chi connectivity index (χ3v) is 13.5. The van der Waals surface area contributed by atoms with Crippen LogP contribution in [0.2, 0.25) is 0 Å². The van der Waals surface area contributed by atoms with Crippen molar-refractivity contribution in [1.29, 1.82) is 0 Å². The fraction of sp³-hybridized carbons (Fsp3) is 0.898. The number of rotatable bonds is 54. The Morgan fingerprint density at radius 3 is 1.09 bits per heavy atom. The van der Waals surface area contributed by atoms with E-state index in [1.165, 1.54) is 244 Å². The average Bonchev–Trinajstić information content (AvgIpc) is 3.31. The van der Waals surface area contributed by atoms with E-state index in [2.05, 4.69) is 31.3 Å². The normalized spacial score (nSPS) is 12.7. The van der Waals surface area contributed by atoms with Crippen molar-refractivity contribution in [3.8, 4) is 0 Å². The number of carbonyl (C=O) groups is 2. The van der Waals surface area contributed by atoms with Gasteiger partial charge in [0.25, 0.3) is 0 Å². The number of nitrogens with one attached hydrogen (secondary N) is 1. The van der Waals surface area contributed by atoms with Crippen LogP contribution in [0.25, 0.3) is 0 Å². The lowest BCUT2D eigenvalue weighted by Gasteiger charge is -2.20. The van der Waals surface area contributed by atoms with Crippen molar-refractivity contribution in [2.24, 2.45) is 0 Å². The van der Waals surface area contributed by atoms with Crippen LogP contribution in [0, 0.1) is 0 Å². The fourth-order valence-corrected chi connectivity index (χ4v) is 8.98. The number of unbranched alkanes of at least 4 members (excludes halogenated alkanes) is 41. The number of amides is 1. The second-order valence-corrected chi connectivity index (χ2v) is 20.0. The minimum atomic E-state index is -0.846. The molecule has 0 aromatic rings. The molecular formula is C59H113NO5. The summed E-state index contributed by atoms with van der Waals surface area (Å²) in [5.74, 6) is -0.0697. The molecule has 0 rings (SSSR count). The molecule has 0 fully saturated rings. The highest BCUT2D eigenvalue weighted by Crippen LogP contribution is 2.17. The van der Waals surface area contributed by atoms with E-state index in [1.54, 1.807) is 6.08 Å². The van der Waals surface area contributed by atoms with Crippen molar-refractivity contribution in [2.75, 3.05) is 13.2 Å². The Balaban J connectivity index is 3.42. The summed E-state index contributed by atoms with van der Waals surface area (Å²) in [5, 5.41) is 23.1. The van der Waals surface area contributed by atoms with Gasteiger partial charge in [-0.05, 0) is 57.8 Å². The molecule has 0 aromatic heterocycles. The van der Waals surface area contributed by atoms with E-state index < -0.39 is 12.1 Å². The molecule has 0 bridgehead atoms. The maximum absolute atomic E-state index is 12.4. The molecule has 0 radical (unpaired) electrons. The van der Waals surface area contributed by atoms with Crippen molar-refractivity contribution in [3.05, 3.63) is 24.3 Å². The summed E-state index contributed by atoms with van der Waals surface area (Å²) >= 11 is 0. The Bertz CT molecular complexity index is 1010. The minimum absolute atomic E-state index is 0.000481.